The molecule has 6 nitrogen and oxygen atoms in total. The molecule has 1 amide bonds. The Hall–Kier alpha value is -2.32. The molecule has 9 heteroatoms. The van der Waals surface area contributed by atoms with Gasteiger partial charge in [0.1, 0.15) is 11.6 Å². The fourth-order valence-electron chi connectivity index (χ4n) is 2.83. The maximum Gasteiger partial charge on any atom is 0.232 e. The molecule has 0 radical (unpaired) electrons. The molecule has 0 aliphatic heterocycles. The molecule has 2 aromatic carbocycles. The van der Waals surface area contributed by atoms with Crippen LogP contribution < -0.4 is 14.4 Å². The molecule has 0 aliphatic rings. The van der Waals surface area contributed by atoms with Crippen molar-refractivity contribution in [1.82, 2.24) is 5.32 Å². The number of carbonyl (C=O) groups excluding carboxylic acids is 1. The SMILES string of the molecule is COc1ccc(N(CCCC(=O)NC(C)c2ccc(F)cc2)S(C)(=O)=O)cc1Cl. The molecule has 2 rings (SSSR count). The van der Waals surface area contributed by atoms with Crippen molar-refractivity contribution >= 4 is 33.2 Å². The highest BCUT2D eigenvalue weighted by Gasteiger charge is 2.19. The summed E-state index contributed by atoms with van der Waals surface area (Å²) < 4.78 is 43.7. The molecule has 0 aliphatic carbocycles. The van der Waals surface area contributed by atoms with Crippen molar-refractivity contribution in [3.8, 4) is 5.75 Å². The average Bonchev–Trinajstić information content (AvgIpc) is 2.64. The van der Waals surface area contributed by atoms with Gasteiger partial charge in [-0.3, -0.25) is 9.10 Å². The van der Waals surface area contributed by atoms with Gasteiger partial charge in [0.05, 0.1) is 30.1 Å². The van der Waals surface area contributed by atoms with Crippen molar-refractivity contribution in [3.05, 3.63) is 58.9 Å². The molecule has 0 saturated carbocycles. The van der Waals surface area contributed by atoms with Crippen molar-refractivity contribution in [2.75, 3.05) is 24.2 Å². The summed E-state index contributed by atoms with van der Waals surface area (Å²) in [6.07, 6.45) is 1.56. The monoisotopic (exact) mass is 442 g/mol. The molecule has 0 heterocycles. The third kappa shape index (κ3) is 6.61. The second kappa shape index (κ2) is 9.93. The van der Waals surface area contributed by atoms with Crippen LogP contribution in [0.5, 0.6) is 5.75 Å². The first-order valence-corrected chi connectivity index (χ1v) is 11.2. The van der Waals surface area contributed by atoms with Crippen molar-refractivity contribution in [1.29, 1.82) is 0 Å². The molecule has 158 valence electrons. The summed E-state index contributed by atoms with van der Waals surface area (Å²) in [4.78, 5) is 12.2. The Morgan fingerprint density at radius 2 is 1.90 bits per heavy atom. The van der Waals surface area contributed by atoms with Gasteiger partial charge in [0.2, 0.25) is 15.9 Å². The van der Waals surface area contributed by atoms with Gasteiger partial charge in [-0.25, -0.2) is 12.8 Å². The molecule has 1 N–H and O–H groups in total. The number of benzene rings is 2. The first-order chi connectivity index (χ1) is 13.6. The number of amides is 1. The number of methoxy groups -OCH3 is 1. The van der Waals surface area contributed by atoms with Crippen LogP contribution in [0.4, 0.5) is 10.1 Å². The van der Waals surface area contributed by atoms with Crippen molar-refractivity contribution < 1.29 is 22.3 Å². The highest BCUT2D eigenvalue weighted by atomic mass is 35.5. The second-order valence-electron chi connectivity index (χ2n) is 6.60. The van der Waals surface area contributed by atoms with Crippen molar-refractivity contribution in [2.24, 2.45) is 0 Å². The highest BCUT2D eigenvalue weighted by Crippen LogP contribution is 2.30. The zero-order valence-corrected chi connectivity index (χ0v) is 18.1. The standard InChI is InChI=1S/C20H24ClFN2O4S/c1-14(15-6-8-16(22)9-7-15)23-20(25)5-4-12-24(29(3,26)27)17-10-11-19(28-2)18(21)13-17/h6-11,13-14H,4-5,12H2,1-3H3,(H,23,25). The molecule has 0 saturated heterocycles. The van der Waals surface area contributed by atoms with Crippen LogP contribution in [-0.4, -0.2) is 34.2 Å². The fourth-order valence-corrected chi connectivity index (χ4v) is 4.04. The summed E-state index contributed by atoms with van der Waals surface area (Å²) in [5.74, 6) is -0.118. The van der Waals surface area contributed by atoms with E-state index < -0.39 is 10.0 Å². The lowest BCUT2D eigenvalue weighted by Crippen LogP contribution is -2.32. The third-order valence-electron chi connectivity index (χ3n) is 4.34. The minimum Gasteiger partial charge on any atom is -0.495 e. The highest BCUT2D eigenvalue weighted by molar-refractivity contribution is 7.92. The topological polar surface area (TPSA) is 75.7 Å². The molecule has 0 spiro atoms. The van der Waals surface area contributed by atoms with Crippen LogP contribution in [0.3, 0.4) is 0 Å². The lowest BCUT2D eigenvalue weighted by atomic mass is 10.1. The zero-order valence-electron chi connectivity index (χ0n) is 16.5. The first kappa shape index (κ1) is 23.0. The van der Waals surface area contributed by atoms with E-state index in [0.29, 0.717) is 22.9 Å². The van der Waals surface area contributed by atoms with Gasteiger partial charge < -0.3 is 10.1 Å². The first-order valence-electron chi connectivity index (χ1n) is 8.98. The Morgan fingerprint density at radius 1 is 1.24 bits per heavy atom. The number of sulfonamides is 1. The van der Waals surface area contributed by atoms with Crippen LogP contribution >= 0.6 is 11.6 Å². The average molecular weight is 443 g/mol. The van der Waals surface area contributed by atoms with Crippen molar-refractivity contribution in [2.45, 2.75) is 25.8 Å². The lowest BCUT2D eigenvalue weighted by molar-refractivity contribution is -0.121. The maximum absolute atomic E-state index is 13.0. The van der Waals surface area contributed by atoms with Gasteiger partial charge in [-0.05, 0) is 49.2 Å². The van der Waals surface area contributed by atoms with E-state index in [2.05, 4.69) is 5.32 Å². The third-order valence-corrected chi connectivity index (χ3v) is 5.83. The van der Waals surface area contributed by atoms with Gasteiger partial charge in [-0.15, -0.1) is 0 Å². The van der Waals surface area contributed by atoms with Crippen LogP contribution in [0, 0.1) is 5.82 Å². The number of anilines is 1. The van der Waals surface area contributed by atoms with E-state index >= 15 is 0 Å². The molecule has 29 heavy (non-hydrogen) atoms. The lowest BCUT2D eigenvalue weighted by Gasteiger charge is -2.23. The van der Waals surface area contributed by atoms with Crippen molar-refractivity contribution in [3.63, 3.8) is 0 Å². The molecule has 0 aromatic heterocycles. The van der Waals surface area contributed by atoms with Crippen LogP contribution in [0.2, 0.25) is 5.02 Å². The number of ether oxygens (including phenoxy) is 1. The number of hydrogen-bond donors (Lipinski definition) is 1. The van der Waals surface area contributed by atoms with E-state index in [1.54, 1.807) is 31.2 Å². The molecule has 1 unspecified atom stereocenters. The largest absolute Gasteiger partial charge is 0.495 e. The van der Waals surface area contributed by atoms with E-state index in [-0.39, 0.29) is 30.7 Å². The van der Waals surface area contributed by atoms with E-state index in [1.165, 1.54) is 29.6 Å². The van der Waals surface area contributed by atoms with E-state index in [1.807, 2.05) is 0 Å². The normalized spacial score (nSPS) is 12.3. The minimum atomic E-state index is -3.56. The Bertz CT molecular complexity index is 951. The number of halogens is 2. The van der Waals surface area contributed by atoms with Gasteiger partial charge in [0.25, 0.3) is 0 Å². The van der Waals surface area contributed by atoms with Gasteiger partial charge in [0, 0.05) is 13.0 Å². The van der Waals surface area contributed by atoms with Gasteiger partial charge in [0.15, 0.2) is 0 Å². The van der Waals surface area contributed by atoms with E-state index in [9.17, 15) is 17.6 Å². The summed E-state index contributed by atoms with van der Waals surface area (Å²) >= 11 is 6.10. The Balaban J connectivity index is 1.97. The van der Waals surface area contributed by atoms with Crippen LogP contribution in [0.1, 0.15) is 31.4 Å². The number of rotatable bonds is 9. The molecule has 2 aromatic rings. The Morgan fingerprint density at radius 3 is 2.45 bits per heavy atom. The molecular weight excluding hydrogens is 419 g/mol. The van der Waals surface area contributed by atoms with E-state index in [4.69, 9.17) is 16.3 Å². The van der Waals surface area contributed by atoms with Gasteiger partial charge in [-0.1, -0.05) is 23.7 Å². The summed E-state index contributed by atoms with van der Waals surface area (Å²) in [7, 11) is -2.08. The zero-order chi connectivity index (χ0) is 21.6. The summed E-state index contributed by atoms with van der Waals surface area (Å²) in [6.45, 7) is 1.92. The quantitative estimate of drug-likeness (QED) is 0.638. The summed E-state index contributed by atoms with van der Waals surface area (Å²) in [5.41, 5.74) is 1.18. The van der Waals surface area contributed by atoms with Gasteiger partial charge >= 0.3 is 0 Å². The maximum atomic E-state index is 13.0. The van der Waals surface area contributed by atoms with Crippen LogP contribution in [0.25, 0.3) is 0 Å². The number of nitrogens with zero attached hydrogens (tertiary/aromatic N) is 1. The summed E-state index contributed by atoms with van der Waals surface area (Å²) in [6, 6.07) is 10.3. The minimum absolute atomic E-state index is 0.125. The second-order valence-corrected chi connectivity index (χ2v) is 8.91. The van der Waals surface area contributed by atoms with Crippen LogP contribution in [-0.2, 0) is 14.8 Å². The number of nitrogens with one attached hydrogen (secondary N) is 1. The predicted molar refractivity (Wildman–Crippen MR) is 112 cm³/mol. The van der Waals surface area contributed by atoms with E-state index in [0.717, 1.165) is 11.8 Å². The number of carbonyl (C=O) groups is 1. The molecule has 0 fully saturated rings. The molecule has 1 atom stereocenters. The van der Waals surface area contributed by atoms with Gasteiger partial charge in [-0.2, -0.15) is 0 Å². The molecular formula is C20H24ClFN2O4S. The Labute approximate surface area is 175 Å². The molecule has 0 bridgehead atoms. The Kier molecular flexibility index (Phi) is 7.87. The fraction of sp³-hybridized carbons (Fsp3) is 0.350. The summed E-state index contributed by atoms with van der Waals surface area (Å²) in [5, 5.41) is 3.12. The predicted octanol–water partition coefficient (Wildman–Crippen LogP) is 3.91. The number of hydrogen-bond acceptors (Lipinski definition) is 4. The smallest absolute Gasteiger partial charge is 0.232 e. The van der Waals surface area contributed by atoms with Crippen LogP contribution in [0.15, 0.2) is 42.5 Å².